The third-order valence-corrected chi connectivity index (χ3v) is 3.81. The molecule has 0 amide bonds. The van der Waals surface area contributed by atoms with Gasteiger partial charge in [0.05, 0.1) is 26.2 Å². The Morgan fingerprint density at radius 1 is 0.893 bits per heavy atom. The average Bonchev–Trinajstić information content (AvgIpc) is 2.71. The van der Waals surface area contributed by atoms with E-state index in [2.05, 4.69) is 4.74 Å². The summed E-state index contributed by atoms with van der Waals surface area (Å²) in [7, 11) is 2.74. The van der Waals surface area contributed by atoms with Crippen LogP contribution in [0.1, 0.15) is 27.9 Å². The molecule has 0 bridgehead atoms. The summed E-state index contributed by atoms with van der Waals surface area (Å²) < 4.78 is 9.62. The van der Waals surface area contributed by atoms with Crippen LogP contribution in [0.4, 0.5) is 0 Å². The molecule has 0 heterocycles. The average molecular weight is 380 g/mol. The highest BCUT2D eigenvalue weighted by Crippen LogP contribution is 2.26. The van der Waals surface area contributed by atoms with Crippen LogP contribution in [0.5, 0.6) is 11.5 Å². The van der Waals surface area contributed by atoms with Gasteiger partial charge in [0.2, 0.25) is 0 Å². The van der Waals surface area contributed by atoms with Crippen molar-refractivity contribution < 1.29 is 29.0 Å². The number of rotatable bonds is 8. The molecular weight excluding hydrogens is 360 g/mol. The second-order valence-corrected chi connectivity index (χ2v) is 5.82. The highest BCUT2D eigenvalue weighted by molar-refractivity contribution is 6.10. The summed E-state index contributed by atoms with van der Waals surface area (Å²) in [6.07, 6.45) is 5.49. The fourth-order valence-corrected chi connectivity index (χ4v) is 2.31. The zero-order valence-electron chi connectivity index (χ0n) is 15.5. The molecule has 0 spiro atoms. The van der Waals surface area contributed by atoms with E-state index in [9.17, 15) is 19.5 Å². The molecule has 0 saturated heterocycles. The van der Waals surface area contributed by atoms with Gasteiger partial charge in [0.1, 0.15) is 0 Å². The van der Waals surface area contributed by atoms with Crippen LogP contribution in [0.25, 0.3) is 12.2 Å². The van der Waals surface area contributed by atoms with Crippen molar-refractivity contribution in [3.63, 3.8) is 0 Å². The van der Waals surface area contributed by atoms with Crippen LogP contribution in [0.2, 0.25) is 0 Å². The molecular formula is C22H20O6. The molecule has 0 atom stereocenters. The predicted molar refractivity (Wildman–Crippen MR) is 105 cm³/mol. The van der Waals surface area contributed by atoms with E-state index in [-0.39, 0.29) is 23.7 Å². The Bertz CT molecular complexity index is 923. The molecule has 0 saturated carbocycles. The first-order chi connectivity index (χ1) is 13.4. The maximum Gasteiger partial charge on any atom is 0.337 e. The molecule has 0 aromatic heterocycles. The van der Waals surface area contributed by atoms with E-state index in [0.29, 0.717) is 16.9 Å². The number of hydrogen-bond acceptors (Lipinski definition) is 6. The molecule has 6 nitrogen and oxygen atoms in total. The molecule has 0 unspecified atom stereocenters. The number of phenolic OH excluding ortho intramolecular Hbond substituents is 1. The summed E-state index contributed by atoms with van der Waals surface area (Å²) in [4.78, 5) is 35.2. The number of ketones is 2. The van der Waals surface area contributed by atoms with Crippen molar-refractivity contribution in [1.29, 1.82) is 0 Å². The molecule has 6 heteroatoms. The number of phenols is 1. The zero-order chi connectivity index (χ0) is 20.5. The number of carbonyl (C=O) groups excluding carboxylic acids is 3. The molecule has 144 valence electrons. The Labute approximate surface area is 162 Å². The normalized spacial score (nSPS) is 10.9. The van der Waals surface area contributed by atoms with Gasteiger partial charge in [0, 0.05) is 0 Å². The molecule has 0 aliphatic heterocycles. The fraction of sp³-hybridized carbons (Fsp3) is 0.136. The van der Waals surface area contributed by atoms with Crippen LogP contribution in [0.3, 0.4) is 0 Å². The van der Waals surface area contributed by atoms with E-state index in [1.807, 2.05) is 0 Å². The van der Waals surface area contributed by atoms with Crippen molar-refractivity contribution in [2.75, 3.05) is 14.2 Å². The number of esters is 1. The summed E-state index contributed by atoms with van der Waals surface area (Å²) in [5.74, 6) is -0.814. The smallest absolute Gasteiger partial charge is 0.337 e. The minimum absolute atomic E-state index is 0.00547. The summed E-state index contributed by atoms with van der Waals surface area (Å²) >= 11 is 0. The summed E-state index contributed by atoms with van der Waals surface area (Å²) in [6.45, 7) is 0. The van der Waals surface area contributed by atoms with E-state index in [0.717, 1.165) is 5.56 Å². The van der Waals surface area contributed by atoms with Gasteiger partial charge in [-0.25, -0.2) is 4.79 Å². The maximum atomic E-state index is 11.9. The van der Waals surface area contributed by atoms with Crippen LogP contribution in [-0.4, -0.2) is 36.9 Å². The lowest BCUT2D eigenvalue weighted by atomic mass is 10.1. The van der Waals surface area contributed by atoms with Crippen LogP contribution in [0.15, 0.2) is 54.6 Å². The van der Waals surface area contributed by atoms with Gasteiger partial charge in [-0.2, -0.15) is 0 Å². The van der Waals surface area contributed by atoms with Gasteiger partial charge >= 0.3 is 5.97 Å². The summed E-state index contributed by atoms with van der Waals surface area (Å²) in [5.41, 5.74) is 1.80. The van der Waals surface area contributed by atoms with Crippen LogP contribution < -0.4 is 4.74 Å². The monoisotopic (exact) mass is 380 g/mol. The Hall–Kier alpha value is -3.67. The third-order valence-electron chi connectivity index (χ3n) is 3.81. The van der Waals surface area contributed by atoms with Crippen molar-refractivity contribution in [2.45, 2.75) is 6.42 Å². The first-order valence-corrected chi connectivity index (χ1v) is 8.40. The van der Waals surface area contributed by atoms with Crippen molar-refractivity contribution in [2.24, 2.45) is 0 Å². The summed E-state index contributed by atoms with van der Waals surface area (Å²) in [6, 6.07) is 11.2. The Morgan fingerprint density at radius 3 is 2.04 bits per heavy atom. The van der Waals surface area contributed by atoms with Crippen LogP contribution >= 0.6 is 0 Å². The largest absolute Gasteiger partial charge is 0.504 e. The molecule has 1 N–H and O–H groups in total. The first kappa shape index (κ1) is 20.6. The minimum atomic E-state index is -0.435. The molecule has 2 aromatic rings. The standard InChI is InChI=1S/C22H20O6/c1-27-21-13-16(7-12-20(21)25)6-11-19(24)14-18(23)10-5-15-3-8-17(9-4-15)22(26)28-2/h3-13,25H,14H2,1-2H3. The first-order valence-electron chi connectivity index (χ1n) is 8.40. The summed E-state index contributed by atoms with van der Waals surface area (Å²) in [5, 5.41) is 9.55. The van der Waals surface area contributed by atoms with Gasteiger partial charge in [-0.1, -0.05) is 30.4 Å². The zero-order valence-corrected chi connectivity index (χ0v) is 15.5. The van der Waals surface area contributed by atoms with Crippen molar-refractivity contribution in [3.05, 3.63) is 71.3 Å². The molecule has 2 aromatic carbocycles. The third kappa shape index (κ3) is 5.95. The topological polar surface area (TPSA) is 89.9 Å². The van der Waals surface area contributed by atoms with Gasteiger partial charge in [-0.3, -0.25) is 9.59 Å². The van der Waals surface area contributed by atoms with Gasteiger partial charge < -0.3 is 14.6 Å². The number of ether oxygens (including phenoxy) is 2. The Balaban J connectivity index is 1.92. The van der Waals surface area contributed by atoms with Gasteiger partial charge in [0.15, 0.2) is 23.1 Å². The number of allylic oxidation sites excluding steroid dienone is 2. The van der Waals surface area contributed by atoms with E-state index >= 15 is 0 Å². The van der Waals surface area contributed by atoms with Gasteiger partial charge in [-0.15, -0.1) is 0 Å². The minimum Gasteiger partial charge on any atom is -0.504 e. The van der Waals surface area contributed by atoms with E-state index in [1.165, 1.54) is 32.4 Å². The molecule has 0 aliphatic carbocycles. The number of hydrogen-bond donors (Lipinski definition) is 1. The Kier molecular flexibility index (Phi) is 7.28. The van der Waals surface area contributed by atoms with E-state index < -0.39 is 5.97 Å². The van der Waals surface area contributed by atoms with Gasteiger partial charge in [-0.05, 0) is 47.5 Å². The second-order valence-electron chi connectivity index (χ2n) is 5.82. The van der Waals surface area contributed by atoms with E-state index in [1.54, 1.807) is 48.6 Å². The predicted octanol–water partition coefficient (Wildman–Crippen LogP) is 3.44. The number of aromatic hydroxyl groups is 1. The fourth-order valence-electron chi connectivity index (χ4n) is 2.31. The SMILES string of the molecule is COC(=O)c1ccc(C=CC(=O)CC(=O)C=Cc2ccc(O)c(OC)c2)cc1. The van der Waals surface area contributed by atoms with E-state index in [4.69, 9.17) is 4.74 Å². The maximum absolute atomic E-state index is 11.9. The quantitative estimate of drug-likeness (QED) is 0.429. The number of benzene rings is 2. The highest BCUT2D eigenvalue weighted by Gasteiger charge is 2.06. The number of methoxy groups -OCH3 is 2. The lowest BCUT2D eigenvalue weighted by Crippen LogP contribution is -2.02. The Morgan fingerprint density at radius 2 is 1.46 bits per heavy atom. The molecule has 2 rings (SSSR count). The molecule has 0 aliphatic rings. The molecule has 0 radical (unpaired) electrons. The lowest BCUT2D eigenvalue weighted by molar-refractivity contribution is -0.121. The van der Waals surface area contributed by atoms with Gasteiger partial charge in [0.25, 0.3) is 0 Å². The van der Waals surface area contributed by atoms with Crippen molar-refractivity contribution in [3.8, 4) is 11.5 Å². The van der Waals surface area contributed by atoms with Crippen molar-refractivity contribution >= 4 is 29.7 Å². The second kappa shape index (κ2) is 9.87. The lowest BCUT2D eigenvalue weighted by Gasteiger charge is -2.03. The number of carbonyl (C=O) groups is 3. The molecule has 0 fully saturated rings. The van der Waals surface area contributed by atoms with Crippen LogP contribution in [0, 0.1) is 0 Å². The molecule has 28 heavy (non-hydrogen) atoms. The van der Waals surface area contributed by atoms with Crippen molar-refractivity contribution in [1.82, 2.24) is 0 Å². The highest BCUT2D eigenvalue weighted by atomic mass is 16.5. The van der Waals surface area contributed by atoms with Crippen LogP contribution in [-0.2, 0) is 14.3 Å².